The second-order valence-corrected chi connectivity index (χ2v) is 16.1. The Morgan fingerprint density at radius 2 is 1.48 bits per heavy atom. The molecule has 0 aliphatic carbocycles. The minimum absolute atomic E-state index is 0.0546. The SMILES string of the molecule is CS(=O)(=O)Nc1ccccc1NC1CCN(C(=O)N[C@H](Cc2cc(Br)c(N)c(Br)c2)C(=O)N2CCC(N3CCCCC3)CC2)CC1. The van der Waals surface area contributed by atoms with E-state index in [1.165, 1.54) is 19.3 Å². The third-order valence-corrected chi connectivity index (χ3v) is 11.1. The van der Waals surface area contributed by atoms with Crippen molar-refractivity contribution in [3.05, 3.63) is 50.9 Å². The third kappa shape index (κ3) is 9.29. The van der Waals surface area contributed by atoms with Crippen molar-refractivity contribution in [3.8, 4) is 0 Å². The van der Waals surface area contributed by atoms with Crippen LogP contribution in [0.1, 0.15) is 50.5 Å². The number of likely N-dealkylation sites (tertiary alicyclic amines) is 3. The summed E-state index contributed by atoms with van der Waals surface area (Å²) in [5.74, 6) is -0.0546. The topological polar surface area (TPSA) is 140 Å². The quantitative estimate of drug-likeness (QED) is 0.267. The van der Waals surface area contributed by atoms with Crippen LogP contribution in [0.25, 0.3) is 0 Å². The zero-order valence-corrected chi connectivity index (χ0v) is 30.3. The Morgan fingerprint density at radius 1 is 0.891 bits per heavy atom. The molecule has 0 saturated carbocycles. The van der Waals surface area contributed by atoms with Crippen molar-refractivity contribution >= 4 is 70.9 Å². The van der Waals surface area contributed by atoms with Crippen molar-refractivity contribution in [1.29, 1.82) is 0 Å². The molecular weight excluding hydrogens is 738 g/mol. The molecule has 0 bridgehead atoms. The van der Waals surface area contributed by atoms with Gasteiger partial charge in [0.2, 0.25) is 15.9 Å². The summed E-state index contributed by atoms with van der Waals surface area (Å²) in [7, 11) is -3.42. The van der Waals surface area contributed by atoms with Gasteiger partial charge in [0.05, 0.1) is 23.3 Å². The number of para-hydroxylation sites is 2. The molecule has 2 aromatic carbocycles. The number of nitrogen functional groups attached to an aromatic ring is 1. The highest BCUT2D eigenvalue weighted by Crippen LogP contribution is 2.31. The smallest absolute Gasteiger partial charge is 0.318 e. The number of nitrogens with two attached hydrogens (primary N) is 1. The molecule has 1 atom stereocenters. The monoisotopic (exact) mass is 781 g/mol. The molecule has 0 spiro atoms. The average molecular weight is 784 g/mol. The van der Waals surface area contributed by atoms with E-state index in [1.807, 2.05) is 29.2 Å². The first-order chi connectivity index (χ1) is 22.0. The molecule has 2 aromatic rings. The Kier molecular flexibility index (Phi) is 11.8. The molecule has 46 heavy (non-hydrogen) atoms. The van der Waals surface area contributed by atoms with Crippen LogP contribution in [-0.4, -0.2) is 98.7 Å². The molecule has 5 N–H and O–H groups in total. The number of carbonyl (C=O) groups excluding carboxylic acids is 2. The first-order valence-electron chi connectivity index (χ1n) is 16.1. The summed E-state index contributed by atoms with van der Waals surface area (Å²) in [6.45, 7) is 4.68. The van der Waals surface area contributed by atoms with Crippen molar-refractivity contribution in [2.24, 2.45) is 0 Å². The summed E-state index contributed by atoms with van der Waals surface area (Å²) in [4.78, 5) is 33.9. The van der Waals surface area contributed by atoms with Crippen LogP contribution in [0.3, 0.4) is 0 Å². The number of rotatable bonds is 9. The Hall–Kier alpha value is -2.55. The fourth-order valence-corrected chi connectivity index (χ4v) is 8.59. The third-order valence-electron chi connectivity index (χ3n) is 9.22. The lowest BCUT2D eigenvalue weighted by atomic mass is 9.98. The van der Waals surface area contributed by atoms with Crippen molar-refractivity contribution in [1.82, 2.24) is 20.0 Å². The van der Waals surface area contributed by atoms with Crippen LogP contribution in [0.4, 0.5) is 21.9 Å². The maximum absolute atomic E-state index is 14.0. The number of amides is 3. The lowest BCUT2D eigenvalue weighted by molar-refractivity contribution is -0.134. The molecule has 11 nitrogen and oxygen atoms in total. The summed E-state index contributed by atoms with van der Waals surface area (Å²) in [6, 6.07) is 10.6. The zero-order chi connectivity index (χ0) is 32.8. The van der Waals surface area contributed by atoms with Crippen LogP contribution in [0.5, 0.6) is 0 Å². The van der Waals surface area contributed by atoms with Gasteiger partial charge in [-0.15, -0.1) is 0 Å². The molecule has 3 fully saturated rings. The zero-order valence-electron chi connectivity index (χ0n) is 26.3. The second kappa shape index (κ2) is 15.6. The maximum Gasteiger partial charge on any atom is 0.318 e. The van der Waals surface area contributed by atoms with Gasteiger partial charge in [0.25, 0.3) is 0 Å². The minimum Gasteiger partial charge on any atom is -0.397 e. The predicted octanol–water partition coefficient (Wildman–Crippen LogP) is 4.84. The van der Waals surface area contributed by atoms with Gasteiger partial charge in [-0.25, -0.2) is 13.2 Å². The van der Waals surface area contributed by atoms with E-state index in [-0.39, 0.29) is 18.0 Å². The van der Waals surface area contributed by atoms with Gasteiger partial charge in [-0.2, -0.15) is 0 Å². The number of nitrogens with zero attached hydrogens (tertiary/aromatic N) is 3. The number of urea groups is 1. The van der Waals surface area contributed by atoms with Gasteiger partial charge in [0.1, 0.15) is 6.04 Å². The molecule has 3 heterocycles. The van der Waals surface area contributed by atoms with Crippen molar-refractivity contribution in [3.63, 3.8) is 0 Å². The summed E-state index contributed by atoms with van der Waals surface area (Å²) >= 11 is 7.03. The number of hydrogen-bond acceptors (Lipinski definition) is 7. The maximum atomic E-state index is 14.0. The summed E-state index contributed by atoms with van der Waals surface area (Å²) in [6.07, 6.45) is 8.54. The fraction of sp³-hybridized carbons (Fsp3) is 0.562. The molecule has 0 radical (unpaired) electrons. The van der Waals surface area contributed by atoms with Gasteiger partial charge in [0, 0.05) is 53.6 Å². The molecule has 0 unspecified atom stereocenters. The number of anilines is 3. The molecule has 3 aliphatic heterocycles. The van der Waals surface area contributed by atoms with E-state index in [0.29, 0.717) is 68.5 Å². The number of carbonyl (C=O) groups is 2. The summed E-state index contributed by atoms with van der Waals surface area (Å²) in [5, 5.41) is 6.53. The molecule has 3 amide bonds. The summed E-state index contributed by atoms with van der Waals surface area (Å²) in [5.41, 5.74) is 8.79. The number of sulfonamides is 1. The summed E-state index contributed by atoms with van der Waals surface area (Å²) < 4.78 is 27.7. The highest BCUT2D eigenvalue weighted by atomic mass is 79.9. The van der Waals surface area contributed by atoms with Gasteiger partial charge in [0.15, 0.2) is 0 Å². The van der Waals surface area contributed by atoms with Crippen LogP contribution < -0.4 is 21.1 Å². The molecule has 3 aliphatic rings. The molecule has 14 heteroatoms. The van der Waals surface area contributed by atoms with E-state index in [9.17, 15) is 18.0 Å². The number of halogens is 2. The first-order valence-corrected chi connectivity index (χ1v) is 19.6. The number of piperidine rings is 3. The van der Waals surface area contributed by atoms with E-state index in [0.717, 1.165) is 46.7 Å². The standard InChI is InChI=1S/C32H45Br2N7O4S/c1-46(44,45)38-28-8-4-3-7-27(28)36-23-9-15-41(16-10-23)32(43)37-29(21-22-19-25(33)30(35)26(34)20-22)31(42)40-17-11-24(12-18-40)39-13-5-2-6-14-39/h3-4,7-8,19-20,23-24,29,36,38H,2,5-6,9-18,21,35H2,1H3,(H,37,43)/t29-/m1/s1. The average Bonchev–Trinajstić information content (AvgIpc) is 3.04. The van der Waals surface area contributed by atoms with Crippen LogP contribution in [0.2, 0.25) is 0 Å². The molecule has 252 valence electrons. The van der Waals surface area contributed by atoms with Crippen molar-refractivity contribution < 1.29 is 18.0 Å². The normalized spacial score (nSPS) is 19.5. The van der Waals surface area contributed by atoms with E-state index < -0.39 is 16.1 Å². The largest absolute Gasteiger partial charge is 0.397 e. The lowest BCUT2D eigenvalue weighted by Crippen LogP contribution is -2.57. The predicted molar refractivity (Wildman–Crippen MR) is 190 cm³/mol. The Labute approximate surface area is 289 Å². The molecule has 0 aromatic heterocycles. The first kappa shape index (κ1) is 34.8. The van der Waals surface area contributed by atoms with E-state index in [2.05, 4.69) is 52.1 Å². The van der Waals surface area contributed by atoms with Gasteiger partial charge in [-0.1, -0.05) is 18.6 Å². The van der Waals surface area contributed by atoms with Crippen LogP contribution in [-0.2, 0) is 21.2 Å². The van der Waals surface area contributed by atoms with Crippen LogP contribution >= 0.6 is 31.9 Å². The molecule has 3 saturated heterocycles. The van der Waals surface area contributed by atoms with Crippen molar-refractivity contribution in [2.45, 2.75) is 69.5 Å². The van der Waals surface area contributed by atoms with Gasteiger partial charge >= 0.3 is 6.03 Å². The van der Waals surface area contributed by atoms with Gasteiger partial charge in [-0.05, 0) is 113 Å². The Balaban J connectivity index is 1.22. The fourth-order valence-electron chi connectivity index (χ4n) is 6.73. The van der Waals surface area contributed by atoms with Gasteiger partial charge < -0.3 is 31.1 Å². The Morgan fingerprint density at radius 3 is 2.09 bits per heavy atom. The van der Waals surface area contributed by atoms with Crippen molar-refractivity contribution in [2.75, 3.05) is 61.3 Å². The minimum atomic E-state index is -3.42. The number of benzene rings is 2. The molecule has 5 rings (SSSR count). The van der Waals surface area contributed by atoms with E-state index >= 15 is 0 Å². The lowest BCUT2D eigenvalue weighted by Gasteiger charge is -2.41. The number of nitrogens with one attached hydrogen (secondary N) is 3. The Bertz CT molecular complexity index is 1470. The number of hydrogen-bond donors (Lipinski definition) is 4. The molecular formula is C32H45Br2N7O4S. The van der Waals surface area contributed by atoms with E-state index in [1.54, 1.807) is 17.0 Å². The van der Waals surface area contributed by atoms with E-state index in [4.69, 9.17) is 5.73 Å². The van der Waals surface area contributed by atoms with Gasteiger partial charge in [-0.3, -0.25) is 9.52 Å². The van der Waals surface area contributed by atoms with Crippen LogP contribution in [0, 0.1) is 0 Å². The second-order valence-electron chi connectivity index (χ2n) is 12.7. The van der Waals surface area contributed by atoms with Crippen LogP contribution in [0.15, 0.2) is 45.3 Å². The highest BCUT2D eigenvalue weighted by molar-refractivity contribution is 9.11. The highest BCUT2D eigenvalue weighted by Gasteiger charge is 2.33.